The number of aliphatic hydroxyl groups is 1. The number of carbonyl (C=O) groups excluding carboxylic acids is 1. The van der Waals surface area contributed by atoms with Crippen LogP contribution >= 0.6 is 0 Å². The molecule has 0 bridgehead atoms. The number of amides is 1. The third kappa shape index (κ3) is 6.42. The maximum atomic E-state index is 12.1. The molecule has 0 saturated carbocycles. The summed E-state index contributed by atoms with van der Waals surface area (Å²) < 4.78 is 24.2. The highest BCUT2D eigenvalue weighted by Gasteiger charge is 2.18. The topological polar surface area (TPSA) is 159 Å². The fraction of sp³-hybridized carbons (Fsp3) is 0.429. The van der Waals surface area contributed by atoms with Crippen molar-refractivity contribution in [2.24, 2.45) is 0 Å². The van der Waals surface area contributed by atoms with Gasteiger partial charge >= 0.3 is 5.97 Å². The van der Waals surface area contributed by atoms with Crippen LogP contribution in [0.1, 0.15) is 12.8 Å². The first-order valence-corrected chi connectivity index (χ1v) is 8.87. The normalized spacial score (nSPS) is 11.0. The number of carboxylic acids is 1. The first-order valence-electron chi connectivity index (χ1n) is 7.22. The standard InChI is InChI=1S/C14H21N3O6S/c15-10-1-2-11(12(9-10)24(22,23)8-7-18)16-5-6-17-13(19)3-4-14(20)21/h1-2,9,16,18H,3-8,15H2,(H,17,19)(H,20,21). The quantitative estimate of drug-likeness (QED) is 0.274. The molecule has 6 N–H and O–H groups in total. The van der Waals surface area contributed by atoms with Gasteiger partial charge in [-0.2, -0.15) is 0 Å². The zero-order valence-corrected chi connectivity index (χ0v) is 13.8. The van der Waals surface area contributed by atoms with Crippen molar-refractivity contribution in [2.45, 2.75) is 17.7 Å². The molecule has 1 rings (SSSR count). The van der Waals surface area contributed by atoms with E-state index < -0.39 is 34.1 Å². The monoisotopic (exact) mass is 359 g/mol. The molecule has 24 heavy (non-hydrogen) atoms. The van der Waals surface area contributed by atoms with Crippen LogP contribution < -0.4 is 16.4 Å². The Hall–Kier alpha value is -2.33. The van der Waals surface area contributed by atoms with E-state index in [9.17, 15) is 18.0 Å². The van der Waals surface area contributed by atoms with Crippen molar-refractivity contribution in [2.75, 3.05) is 36.5 Å². The van der Waals surface area contributed by atoms with Crippen LogP contribution in [0.5, 0.6) is 0 Å². The SMILES string of the molecule is Nc1ccc(NCCNC(=O)CCC(=O)O)c(S(=O)(=O)CCO)c1. The highest BCUT2D eigenvalue weighted by molar-refractivity contribution is 7.91. The molecule has 10 heteroatoms. The van der Waals surface area contributed by atoms with Crippen LogP contribution in [0.2, 0.25) is 0 Å². The lowest BCUT2D eigenvalue weighted by Crippen LogP contribution is -2.29. The molecular weight excluding hydrogens is 338 g/mol. The third-order valence-corrected chi connectivity index (χ3v) is 4.76. The molecule has 0 heterocycles. The van der Waals surface area contributed by atoms with Gasteiger partial charge in [0.25, 0.3) is 0 Å². The summed E-state index contributed by atoms with van der Waals surface area (Å²) in [6, 6.07) is 4.34. The molecule has 0 spiro atoms. The van der Waals surface area contributed by atoms with Gasteiger partial charge in [-0.25, -0.2) is 8.42 Å². The number of hydrogen-bond acceptors (Lipinski definition) is 7. The molecule has 0 aliphatic rings. The molecule has 0 unspecified atom stereocenters. The Balaban J connectivity index is 2.63. The number of aliphatic hydroxyl groups excluding tert-OH is 1. The van der Waals surface area contributed by atoms with Gasteiger partial charge in [0, 0.05) is 25.2 Å². The lowest BCUT2D eigenvalue weighted by molar-refractivity contribution is -0.138. The first kappa shape index (κ1) is 19.7. The number of nitrogens with two attached hydrogens (primary N) is 1. The van der Waals surface area contributed by atoms with E-state index in [1.165, 1.54) is 18.2 Å². The summed E-state index contributed by atoms with van der Waals surface area (Å²) in [5.41, 5.74) is 6.21. The van der Waals surface area contributed by atoms with E-state index in [2.05, 4.69) is 10.6 Å². The maximum absolute atomic E-state index is 12.1. The van der Waals surface area contributed by atoms with Crippen LogP contribution in [0.3, 0.4) is 0 Å². The molecule has 134 valence electrons. The fourth-order valence-corrected chi connectivity index (χ4v) is 3.13. The minimum Gasteiger partial charge on any atom is -0.481 e. The van der Waals surface area contributed by atoms with Gasteiger partial charge in [0.2, 0.25) is 5.91 Å². The van der Waals surface area contributed by atoms with Gasteiger partial charge in [-0.1, -0.05) is 0 Å². The van der Waals surface area contributed by atoms with Crippen molar-refractivity contribution < 1.29 is 28.2 Å². The zero-order valence-electron chi connectivity index (χ0n) is 13.0. The number of carbonyl (C=O) groups is 2. The predicted molar refractivity (Wildman–Crippen MR) is 88.4 cm³/mol. The van der Waals surface area contributed by atoms with E-state index in [1.807, 2.05) is 0 Å². The second-order valence-corrected chi connectivity index (χ2v) is 7.05. The van der Waals surface area contributed by atoms with Gasteiger partial charge in [-0.3, -0.25) is 9.59 Å². The molecule has 0 aliphatic carbocycles. The number of anilines is 2. The second-order valence-electron chi connectivity index (χ2n) is 4.97. The van der Waals surface area contributed by atoms with Crippen molar-refractivity contribution in [1.82, 2.24) is 5.32 Å². The Kier molecular flexibility index (Phi) is 7.46. The summed E-state index contributed by atoms with van der Waals surface area (Å²) in [6.07, 6.45) is -0.367. The number of hydrogen-bond donors (Lipinski definition) is 5. The fourth-order valence-electron chi connectivity index (χ4n) is 1.88. The third-order valence-electron chi connectivity index (χ3n) is 3.03. The molecular formula is C14H21N3O6S. The molecule has 9 nitrogen and oxygen atoms in total. The van der Waals surface area contributed by atoms with E-state index in [4.69, 9.17) is 15.9 Å². The Morgan fingerprint density at radius 2 is 1.88 bits per heavy atom. The Morgan fingerprint density at radius 3 is 2.50 bits per heavy atom. The van der Waals surface area contributed by atoms with E-state index in [1.54, 1.807) is 0 Å². The van der Waals surface area contributed by atoms with E-state index in [-0.39, 0.29) is 36.5 Å². The summed E-state index contributed by atoms with van der Waals surface area (Å²) in [7, 11) is -3.68. The van der Waals surface area contributed by atoms with Crippen LogP contribution in [0.4, 0.5) is 11.4 Å². The number of sulfone groups is 1. The molecule has 1 aromatic rings. The molecule has 1 amide bonds. The van der Waals surface area contributed by atoms with Crippen molar-refractivity contribution >= 4 is 33.1 Å². The van der Waals surface area contributed by atoms with E-state index >= 15 is 0 Å². The minimum atomic E-state index is -3.68. The van der Waals surface area contributed by atoms with Gasteiger partial charge in [-0.15, -0.1) is 0 Å². The highest BCUT2D eigenvalue weighted by Crippen LogP contribution is 2.24. The minimum absolute atomic E-state index is 0.0197. The van der Waals surface area contributed by atoms with Crippen molar-refractivity contribution in [3.63, 3.8) is 0 Å². The van der Waals surface area contributed by atoms with Gasteiger partial charge in [0.05, 0.1) is 29.4 Å². The molecule has 0 saturated heterocycles. The van der Waals surface area contributed by atoms with Crippen LogP contribution in [0.15, 0.2) is 23.1 Å². The molecule has 0 aliphatic heterocycles. The highest BCUT2D eigenvalue weighted by atomic mass is 32.2. The van der Waals surface area contributed by atoms with Gasteiger partial charge in [-0.05, 0) is 18.2 Å². The molecule has 1 aromatic carbocycles. The van der Waals surface area contributed by atoms with Gasteiger partial charge in [0.15, 0.2) is 9.84 Å². The molecule has 0 fully saturated rings. The average Bonchev–Trinajstić information content (AvgIpc) is 2.50. The van der Waals surface area contributed by atoms with Crippen molar-refractivity contribution in [3.05, 3.63) is 18.2 Å². The maximum Gasteiger partial charge on any atom is 0.303 e. The number of carboxylic acid groups (broad SMARTS) is 1. The number of nitrogens with one attached hydrogen (secondary N) is 2. The van der Waals surface area contributed by atoms with Crippen molar-refractivity contribution in [3.8, 4) is 0 Å². The van der Waals surface area contributed by atoms with Crippen LogP contribution in [0.25, 0.3) is 0 Å². The second kappa shape index (κ2) is 9.08. The Bertz CT molecular complexity index is 690. The number of nitrogen functional groups attached to an aromatic ring is 1. The Morgan fingerprint density at radius 1 is 1.17 bits per heavy atom. The summed E-state index contributed by atoms with van der Waals surface area (Å²) in [4.78, 5) is 21.7. The number of benzene rings is 1. The molecule has 0 atom stereocenters. The van der Waals surface area contributed by atoms with Gasteiger partial charge in [0.1, 0.15) is 0 Å². The summed E-state index contributed by atoms with van der Waals surface area (Å²) in [6.45, 7) is -0.0666. The predicted octanol–water partition coefficient (Wildman–Crippen LogP) is -0.572. The van der Waals surface area contributed by atoms with Crippen LogP contribution in [-0.2, 0) is 19.4 Å². The zero-order chi connectivity index (χ0) is 18.2. The number of aliphatic carboxylic acids is 1. The van der Waals surface area contributed by atoms with E-state index in [0.717, 1.165) is 0 Å². The summed E-state index contributed by atoms with van der Waals surface area (Å²) >= 11 is 0. The number of rotatable bonds is 10. The molecule has 0 radical (unpaired) electrons. The van der Waals surface area contributed by atoms with Crippen LogP contribution in [-0.4, -0.2) is 56.0 Å². The largest absolute Gasteiger partial charge is 0.481 e. The lowest BCUT2D eigenvalue weighted by atomic mass is 10.3. The Labute approximate surface area is 139 Å². The summed E-state index contributed by atoms with van der Waals surface area (Å²) in [5, 5.41) is 22.7. The van der Waals surface area contributed by atoms with E-state index in [0.29, 0.717) is 5.69 Å². The van der Waals surface area contributed by atoms with Gasteiger partial charge < -0.3 is 26.6 Å². The summed E-state index contributed by atoms with van der Waals surface area (Å²) in [5.74, 6) is -1.87. The lowest BCUT2D eigenvalue weighted by Gasteiger charge is -2.13. The first-order chi connectivity index (χ1) is 11.3. The average molecular weight is 359 g/mol. The van der Waals surface area contributed by atoms with Crippen LogP contribution in [0, 0.1) is 0 Å². The smallest absolute Gasteiger partial charge is 0.303 e. The molecule has 0 aromatic heterocycles. The van der Waals surface area contributed by atoms with Crippen molar-refractivity contribution in [1.29, 1.82) is 0 Å².